The quantitative estimate of drug-likeness (QED) is 0.392. The van der Waals surface area contributed by atoms with E-state index in [9.17, 15) is 9.59 Å². The van der Waals surface area contributed by atoms with Gasteiger partial charge in [0.25, 0.3) is 0 Å². The number of hydrogen-bond donors (Lipinski definition) is 2. The summed E-state index contributed by atoms with van der Waals surface area (Å²) < 4.78 is 0. The lowest BCUT2D eigenvalue weighted by molar-refractivity contribution is -0.137. The summed E-state index contributed by atoms with van der Waals surface area (Å²) >= 11 is 0. The summed E-state index contributed by atoms with van der Waals surface area (Å²) in [6.45, 7) is 0. The van der Waals surface area contributed by atoms with Crippen molar-refractivity contribution in [2.45, 2.75) is 70.6 Å². The molecular weight excluding hydrogens is 244 g/mol. The standard InChI is InChI=1S/C15H26O4/c16-14(17)12-10-8-6-4-2-1-3-5-7-9-11-13-15(18)19/h8,10H,1-7,9,11-13H2,(H,16,17)(H,18,19). The van der Waals surface area contributed by atoms with E-state index in [0.717, 1.165) is 32.1 Å². The van der Waals surface area contributed by atoms with Crippen LogP contribution >= 0.6 is 0 Å². The summed E-state index contributed by atoms with van der Waals surface area (Å²) in [7, 11) is 0. The van der Waals surface area contributed by atoms with Crippen LogP contribution in [0.3, 0.4) is 0 Å². The van der Waals surface area contributed by atoms with Crippen LogP contribution in [0.2, 0.25) is 0 Å². The van der Waals surface area contributed by atoms with Crippen LogP contribution in [0.1, 0.15) is 70.6 Å². The van der Waals surface area contributed by atoms with E-state index in [1.807, 2.05) is 6.08 Å². The number of carbonyl (C=O) groups is 2. The molecule has 0 bridgehead atoms. The van der Waals surface area contributed by atoms with Crippen molar-refractivity contribution in [3.8, 4) is 0 Å². The van der Waals surface area contributed by atoms with E-state index in [0.29, 0.717) is 6.42 Å². The molecule has 4 heteroatoms. The molecule has 110 valence electrons. The molecule has 0 aromatic rings. The van der Waals surface area contributed by atoms with Crippen LogP contribution in [0.15, 0.2) is 12.2 Å². The molecule has 0 spiro atoms. The highest BCUT2D eigenvalue weighted by Crippen LogP contribution is 2.10. The zero-order chi connectivity index (χ0) is 14.3. The van der Waals surface area contributed by atoms with E-state index in [2.05, 4.69) is 0 Å². The van der Waals surface area contributed by atoms with Gasteiger partial charge in [0.15, 0.2) is 0 Å². The summed E-state index contributed by atoms with van der Waals surface area (Å²) in [5, 5.41) is 16.9. The van der Waals surface area contributed by atoms with Crippen LogP contribution in [0.5, 0.6) is 0 Å². The molecule has 0 radical (unpaired) electrons. The van der Waals surface area contributed by atoms with Gasteiger partial charge in [-0.1, -0.05) is 50.7 Å². The van der Waals surface area contributed by atoms with Crippen LogP contribution in [0, 0.1) is 0 Å². The fraction of sp³-hybridized carbons (Fsp3) is 0.733. The minimum Gasteiger partial charge on any atom is -0.481 e. The zero-order valence-electron chi connectivity index (χ0n) is 11.6. The van der Waals surface area contributed by atoms with E-state index in [4.69, 9.17) is 10.2 Å². The predicted molar refractivity (Wildman–Crippen MR) is 75.2 cm³/mol. The van der Waals surface area contributed by atoms with Gasteiger partial charge in [0.2, 0.25) is 0 Å². The van der Waals surface area contributed by atoms with Gasteiger partial charge in [0.05, 0.1) is 6.42 Å². The molecule has 0 aliphatic carbocycles. The SMILES string of the molecule is O=C(O)CC=CCCCCCCCCCCC(=O)O. The Morgan fingerprint density at radius 3 is 1.74 bits per heavy atom. The third-order valence-electron chi connectivity index (χ3n) is 2.97. The highest BCUT2D eigenvalue weighted by Gasteiger charge is 1.96. The first-order valence-corrected chi connectivity index (χ1v) is 7.21. The second-order valence-corrected chi connectivity index (χ2v) is 4.83. The van der Waals surface area contributed by atoms with Gasteiger partial charge in [0.1, 0.15) is 0 Å². The van der Waals surface area contributed by atoms with Crippen molar-refractivity contribution >= 4 is 11.9 Å². The van der Waals surface area contributed by atoms with Crippen molar-refractivity contribution in [1.29, 1.82) is 0 Å². The number of aliphatic carboxylic acids is 2. The first kappa shape index (κ1) is 17.7. The summed E-state index contributed by atoms with van der Waals surface area (Å²) in [6, 6.07) is 0. The summed E-state index contributed by atoms with van der Waals surface area (Å²) in [6.07, 6.45) is 13.9. The Bertz CT molecular complexity index is 271. The molecule has 0 saturated carbocycles. The van der Waals surface area contributed by atoms with Crippen molar-refractivity contribution in [3.05, 3.63) is 12.2 Å². The molecule has 0 heterocycles. The zero-order valence-corrected chi connectivity index (χ0v) is 11.6. The molecule has 0 aliphatic rings. The highest BCUT2D eigenvalue weighted by molar-refractivity contribution is 5.68. The minimum absolute atomic E-state index is 0.121. The van der Waals surface area contributed by atoms with E-state index >= 15 is 0 Å². The molecule has 2 N–H and O–H groups in total. The molecule has 0 atom stereocenters. The Morgan fingerprint density at radius 2 is 1.21 bits per heavy atom. The molecule has 0 amide bonds. The third kappa shape index (κ3) is 16.7. The van der Waals surface area contributed by atoms with Gasteiger partial charge in [-0.15, -0.1) is 0 Å². The normalized spacial score (nSPS) is 10.9. The van der Waals surface area contributed by atoms with Crippen LogP contribution in [-0.2, 0) is 9.59 Å². The molecule has 0 unspecified atom stereocenters. The summed E-state index contributed by atoms with van der Waals surface area (Å²) in [5.74, 6) is -1.48. The Morgan fingerprint density at radius 1 is 0.684 bits per heavy atom. The highest BCUT2D eigenvalue weighted by atomic mass is 16.4. The van der Waals surface area contributed by atoms with Crippen molar-refractivity contribution < 1.29 is 19.8 Å². The second-order valence-electron chi connectivity index (χ2n) is 4.83. The smallest absolute Gasteiger partial charge is 0.307 e. The van der Waals surface area contributed by atoms with E-state index in [-0.39, 0.29) is 6.42 Å². The van der Waals surface area contributed by atoms with E-state index < -0.39 is 11.9 Å². The predicted octanol–water partition coefficient (Wildman–Crippen LogP) is 4.00. The molecule has 4 nitrogen and oxygen atoms in total. The van der Waals surface area contributed by atoms with Crippen LogP contribution in [-0.4, -0.2) is 22.2 Å². The lowest BCUT2D eigenvalue weighted by Gasteiger charge is -2.00. The van der Waals surface area contributed by atoms with Crippen molar-refractivity contribution in [1.82, 2.24) is 0 Å². The average molecular weight is 270 g/mol. The van der Waals surface area contributed by atoms with Gasteiger partial charge in [-0.3, -0.25) is 9.59 Å². The number of rotatable bonds is 13. The summed E-state index contributed by atoms with van der Waals surface area (Å²) in [5.41, 5.74) is 0. The van der Waals surface area contributed by atoms with Gasteiger partial charge >= 0.3 is 11.9 Å². The van der Waals surface area contributed by atoms with Crippen LogP contribution in [0.25, 0.3) is 0 Å². The van der Waals surface area contributed by atoms with Crippen molar-refractivity contribution in [2.75, 3.05) is 0 Å². The van der Waals surface area contributed by atoms with Crippen molar-refractivity contribution in [2.24, 2.45) is 0 Å². The topological polar surface area (TPSA) is 74.6 Å². The lowest BCUT2D eigenvalue weighted by atomic mass is 10.1. The van der Waals surface area contributed by atoms with Gasteiger partial charge in [0, 0.05) is 6.42 Å². The fourth-order valence-electron chi connectivity index (χ4n) is 1.90. The van der Waals surface area contributed by atoms with Crippen molar-refractivity contribution in [3.63, 3.8) is 0 Å². The number of hydrogen-bond acceptors (Lipinski definition) is 2. The molecular formula is C15H26O4. The number of unbranched alkanes of at least 4 members (excludes halogenated alkanes) is 8. The third-order valence-corrected chi connectivity index (χ3v) is 2.97. The van der Waals surface area contributed by atoms with Crippen LogP contribution in [0.4, 0.5) is 0 Å². The van der Waals surface area contributed by atoms with E-state index in [1.54, 1.807) is 6.08 Å². The van der Waals surface area contributed by atoms with Gasteiger partial charge in [-0.2, -0.15) is 0 Å². The maximum absolute atomic E-state index is 10.3. The molecule has 0 aliphatic heterocycles. The maximum Gasteiger partial charge on any atom is 0.307 e. The van der Waals surface area contributed by atoms with Gasteiger partial charge < -0.3 is 10.2 Å². The Balaban J connectivity index is 3.08. The molecule has 0 saturated heterocycles. The fourth-order valence-corrected chi connectivity index (χ4v) is 1.90. The van der Waals surface area contributed by atoms with Gasteiger partial charge in [-0.25, -0.2) is 0 Å². The van der Waals surface area contributed by atoms with Gasteiger partial charge in [-0.05, 0) is 19.3 Å². The number of carboxylic acid groups (broad SMARTS) is 2. The molecule has 0 aromatic heterocycles. The van der Waals surface area contributed by atoms with E-state index in [1.165, 1.54) is 25.7 Å². The first-order valence-electron chi connectivity index (χ1n) is 7.21. The number of carboxylic acids is 2. The molecule has 0 aromatic carbocycles. The maximum atomic E-state index is 10.3. The molecule has 19 heavy (non-hydrogen) atoms. The second kappa shape index (κ2) is 13.1. The number of allylic oxidation sites excluding steroid dienone is 1. The first-order chi connectivity index (χ1) is 9.13. The lowest BCUT2D eigenvalue weighted by Crippen LogP contribution is -1.93. The summed E-state index contributed by atoms with van der Waals surface area (Å²) in [4.78, 5) is 20.5. The van der Waals surface area contributed by atoms with Crippen LogP contribution < -0.4 is 0 Å². The Hall–Kier alpha value is -1.32. The Labute approximate surface area is 115 Å². The largest absolute Gasteiger partial charge is 0.481 e. The minimum atomic E-state index is -0.779. The molecule has 0 fully saturated rings. The Kier molecular flexibility index (Phi) is 12.2. The monoisotopic (exact) mass is 270 g/mol. The average Bonchev–Trinajstić information content (AvgIpc) is 2.34. The molecule has 0 rings (SSSR count).